The molecule has 5 heteroatoms. The van der Waals surface area contributed by atoms with Gasteiger partial charge >= 0.3 is 0 Å². The summed E-state index contributed by atoms with van der Waals surface area (Å²) in [6.45, 7) is 7.57. The van der Waals surface area contributed by atoms with Crippen molar-refractivity contribution in [1.82, 2.24) is 0 Å². The lowest BCUT2D eigenvalue weighted by molar-refractivity contribution is 0.171. The van der Waals surface area contributed by atoms with Gasteiger partial charge in [0.2, 0.25) is 0 Å². The fourth-order valence-electron chi connectivity index (χ4n) is 2.39. The normalized spacial score (nSPS) is 14.0. The van der Waals surface area contributed by atoms with Gasteiger partial charge in [0.15, 0.2) is 0 Å². The van der Waals surface area contributed by atoms with E-state index in [0.717, 1.165) is 11.3 Å². The second-order valence-corrected chi connectivity index (χ2v) is 5.44. The number of nitrogens with zero attached hydrogens (tertiary/aromatic N) is 1. The maximum Gasteiger partial charge on any atom is 0.126 e. The Morgan fingerprint density at radius 1 is 1.24 bits per heavy atom. The molecule has 0 aliphatic heterocycles. The monoisotopic (exact) mass is 298 g/mol. The first kappa shape index (κ1) is 17.9. The Morgan fingerprint density at radius 3 is 2.43 bits per heavy atom. The van der Waals surface area contributed by atoms with Crippen LogP contribution in [0.2, 0.25) is 0 Å². The molecule has 0 heterocycles. The van der Waals surface area contributed by atoms with Crippen molar-refractivity contribution in [1.29, 1.82) is 0 Å². The third-order valence-corrected chi connectivity index (χ3v) is 3.58. The highest BCUT2D eigenvalue weighted by Gasteiger charge is 2.20. The van der Waals surface area contributed by atoms with Crippen molar-refractivity contribution in [2.24, 2.45) is 5.73 Å². The fourth-order valence-corrected chi connectivity index (χ4v) is 2.39. The molecule has 1 unspecified atom stereocenters. The molecule has 0 amide bonds. The number of ether oxygens (including phenoxy) is 2. The molecule has 0 saturated heterocycles. The van der Waals surface area contributed by atoms with E-state index in [9.17, 15) is 4.39 Å². The predicted octanol–water partition coefficient (Wildman–Crippen LogP) is 2.64. The summed E-state index contributed by atoms with van der Waals surface area (Å²) in [6.07, 6.45) is 0. The summed E-state index contributed by atoms with van der Waals surface area (Å²) in [5, 5.41) is 0. The standard InChI is InChI=1S/C16H27FN2O2/c1-11-8-16(14(13(3)18)9-15(11)17)19(6-7-20-4)12(2)10-21-5/h8-9,12-13H,6-7,10,18H2,1-5H3/t12?,13-/m0/s1. The average Bonchev–Trinajstić information content (AvgIpc) is 2.42. The average molecular weight is 298 g/mol. The Morgan fingerprint density at radius 2 is 1.90 bits per heavy atom. The highest BCUT2D eigenvalue weighted by Crippen LogP contribution is 2.29. The summed E-state index contributed by atoms with van der Waals surface area (Å²) in [4.78, 5) is 2.16. The zero-order valence-electron chi connectivity index (χ0n) is 13.6. The topological polar surface area (TPSA) is 47.7 Å². The second kappa shape index (κ2) is 8.32. The first-order valence-electron chi connectivity index (χ1n) is 7.22. The minimum absolute atomic E-state index is 0.146. The maximum atomic E-state index is 13.9. The van der Waals surface area contributed by atoms with Crippen LogP contribution in [-0.2, 0) is 9.47 Å². The quantitative estimate of drug-likeness (QED) is 0.801. The van der Waals surface area contributed by atoms with E-state index in [-0.39, 0.29) is 17.9 Å². The molecule has 1 aromatic rings. The number of anilines is 1. The Bertz CT molecular complexity index is 452. The molecule has 2 N–H and O–H groups in total. The lowest BCUT2D eigenvalue weighted by Gasteiger charge is -2.33. The van der Waals surface area contributed by atoms with E-state index < -0.39 is 0 Å². The highest BCUT2D eigenvalue weighted by atomic mass is 19.1. The number of hydrogen-bond acceptors (Lipinski definition) is 4. The van der Waals surface area contributed by atoms with E-state index in [1.54, 1.807) is 21.1 Å². The molecule has 4 nitrogen and oxygen atoms in total. The molecule has 2 atom stereocenters. The molecule has 120 valence electrons. The van der Waals surface area contributed by atoms with Crippen LogP contribution in [0.25, 0.3) is 0 Å². The van der Waals surface area contributed by atoms with Crippen LogP contribution in [0, 0.1) is 12.7 Å². The first-order chi connectivity index (χ1) is 9.92. The van der Waals surface area contributed by atoms with Gasteiger partial charge in [-0.05, 0) is 44.0 Å². The Hall–Kier alpha value is -1.17. The summed E-state index contributed by atoms with van der Waals surface area (Å²) in [6, 6.07) is 3.30. The molecule has 0 fully saturated rings. The van der Waals surface area contributed by atoms with E-state index in [0.29, 0.717) is 25.3 Å². The largest absolute Gasteiger partial charge is 0.383 e. The van der Waals surface area contributed by atoms with E-state index in [4.69, 9.17) is 15.2 Å². The highest BCUT2D eigenvalue weighted by molar-refractivity contribution is 5.57. The molecule has 0 spiro atoms. The van der Waals surface area contributed by atoms with Crippen molar-refractivity contribution in [2.45, 2.75) is 32.9 Å². The summed E-state index contributed by atoms with van der Waals surface area (Å²) >= 11 is 0. The zero-order chi connectivity index (χ0) is 16.0. The van der Waals surface area contributed by atoms with Gasteiger partial charge in [0.05, 0.1) is 13.2 Å². The number of rotatable bonds is 8. The molecule has 0 saturated carbocycles. The van der Waals surface area contributed by atoms with Crippen molar-refractivity contribution in [3.05, 3.63) is 29.1 Å². The van der Waals surface area contributed by atoms with Crippen molar-refractivity contribution < 1.29 is 13.9 Å². The number of hydrogen-bond donors (Lipinski definition) is 1. The lowest BCUT2D eigenvalue weighted by Crippen LogP contribution is -2.39. The first-order valence-corrected chi connectivity index (χ1v) is 7.22. The van der Waals surface area contributed by atoms with Crippen LogP contribution in [0.15, 0.2) is 12.1 Å². The smallest absolute Gasteiger partial charge is 0.126 e. The third kappa shape index (κ3) is 4.66. The van der Waals surface area contributed by atoms with Gasteiger partial charge in [-0.2, -0.15) is 0 Å². The zero-order valence-corrected chi connectivity index (χ0v) is 13.6. The van der Waals surface area contributed by atoms with Gasteiger partial charge in [-0.25, -0.2) is 4.39 Å². The third-order valence-electron chi connectivity index (χ3n) is 3.58. The van der Waals surface area contributed by atoms with Crippen molar-refractivity contribution in [2.75, 3.05) is 38.9 Å². The molecule has 1 rings (SSSR count). The van der Waals surface area contributed by atoms with Gasteiger partial charge in [-0.3, -0.25) is 0 Å². The van der Waals surface area contributed by atoms with Gasteiger partial charge in [0.1, 0.15) is 5.82 Å². The number of benzene rings is 1. The fraction of sp³-hybridized carbons (Fsp3) is 0.625. The van der Waals surface area contributed by atoms with Crippen molar-refractivity contribution in [3.63, 3.8) is 0 Å². The molecule has 1 aromatic carbocycles. The van der Waals surface area contributed by atoms with Crippen LogP contribution in [-0.4, -0.2) is 40.0 Å². The van der Waals surface area contributed by atoms with Gasteiger partial charge < -0.3 is 20.1 Å². The number of aryl methyl sites for hydroxylation is 1. The summed E-state index contributed by atoms with van der Waals surface area (Å²) < 4.78 is 24.3. The molecule has 0 radical (unpaired) electrons. The Balaban J connectivity index is 3.24. The second-order valence-electron chi connectivity index (χ2n) is 5.44. The van der Waals surface area contributed by atoms with Gasteiger partial charge in [0.25, 0.3) is 0 Å². The van der Waals surface area contributed by atoms with Crippen molar-refractivity contribution >= 4 is 5.69 Å². The molecule has 0 aliphatic carbocycles. The predicted molar refractivity (Wildman–Crippen MR) is 84.3 cm³/mol. The van der Waals surface area contributed by atoms with E-state index in [1.807, 2.05) is 13.0 Å². The van der Waals surface area contributed by atoms with Crippen molar-refractivity contribution in [3.8, 4) is 0 Å². The minimum atomic E-state index is -0.241. The number of methoxy groups -OCH3 is 2. The Kier molecular flexibility index (Phi) is 7.08. The lowest BCUT2D eigenvalue weighted by atomic mass is 10.0. The minimum Gasteiger partial charge on any atom is -0.383 e. The SMILES string of the molecule is COCCN(c1cc(C)c(F)cc1[C@H](C)N)C(C)COC. The van der Waals surface area contributed by atoms with Crippen LogP contribution in [0.5, 0.6) is 0 Å². The van der Waals surface area contributed by atoms with Crippen LogP contribution >= 0.6 is 0 Å². The Labute approximate surface area is 127 Å². The van der Waals surface area contributed by atoms with Gasteiger partial charge in [-0.15, -0.1) is 0 Å². The molecule has 0 aliphatic rings. The van der Waals surface area contributed by atoms with Gasteiger partial charge in [0, 0.05) is 38.5 Å². The van der Waals surface area contributed by atoms with E-state index in [2.05, 4.69) is 11.8 Å². The maximum absolute atomic E-state index is 13.9. The summed E-state index contributed by atoms with van der Waals surface area (Å²) in [5.41, 5.74) is 8.38. The molecule has 0 bridgehead atoms. The van der Waals surface area contributed by atoms with Crippen LogP contribution in [0.1, 0.15) is 31.0 Å². The molecular formula is C16H27FN2O2. The van der Waals surface area contributed by atoms with Crippen LogP contribution in [0.4, 0.5) is 10.1 Å². The summed E-state index contributed by atoms with van der Waals surface area (Å²) in [7, 11) is 3.34. The van der Waals surface area contributed by atoms with E-state index >= 15 is 0 Å². The molecular weight excluding hydrogens is 271 g/mol. The van der Waals surface area contributed by atoms with Crippen LogP contribution in [0.3, 0.4) is 0 Å². The molecule has 0 aromatic heterocycles. The molecule has 21 heavy (non-hydrogen) atoms. The van der Waals surface area contributed by atoms with Crippen LogP contribution < -0.4 is 10.6 Å². The van der Waals surface area contributed by atoms with E-state index in [1.165, 1.54) is 6.07 Å². The van der Waals surface area contributed by atoms with Gasteiger partial charge in [-0.1, -0.05) is 0 Å². The number of halogens is 1. The summed E-state index contributed by atoms with van der Waals surface area (Å²) in [5.74, 6) is -0.225. The number of nitrogens with two attached hydrogens (primary N) is 1.